The van der Waals surface area contributed by atoms with E-state index >= 15 is 0 Å². The lowest BCUT2D eigenvalue weighted by Gasteiger charge is -2.19. The molecular weight excluding hydrogens is 252 g/mol. The van der Waals surface area contributed by atoms with Gasteiger partial charge in [-0.25, -0.2) is 0 Å². The van der Waals surface area contributed by atoms with Gasteiger partial charge in [-0.1, -0.05) is 71.1 Å². The number of unbranched alkanes of at least 4 members (excludes halogenated alkanes) is 9. The van der Waals surface area contributed by atoms with E-state index in [4.69, 9.17) is 4.74 Å². The highest BCUT2D eigenvalue weighted by Crippen LogP contribution is 2.19. The molecule has 3 heteroatoms. The van der Waals surface area contributed by atoms with Crippen molar-refractivity contribution in [1.82, 2.24) is 0 Å². The molecule has 1 rings (SSSR count). The van der Waals surface area contributed by atoms with Crippen molar-refractivity contribution in [3.8, 4) is 0 Å². The Hall–Kier alpha value is -0.830. The minimum Gasteiger partial charge on any atom is -0.465 e. The van der Waals surface area contributed by atoms with Gasteiger partial charge in [0.25, 0.3) is 6.29 Å². The van der Waals surface area contributed by atoms with Gasteiger partial charge in [-0.2, -0.15) is 0 Å². The Labute approximate surface area is 123 Å². The Morgan fingerprint density at radius 2 is 1.55 bits per heavy atom. The first-order chi connectivity index (χ1) is 9.75. The molecule has 0 fully saturated rings. The summed E-state index contributed by atoms with van der Waals surface area (Å²) in [6.07, 6.45) is 15.8. The average Bonchev–Trinajstić information content (AvgIpc) is 2.45. The van der Waals surface area contributed by atoms with Crippen LogP contribution in [0, 0.1) is 5.92 Å². The van der Waals surface area contributed by atoms with Crippen LogP contribution in [0.4, 0.5) is 0 Å². The third-order valence-electron chi connectivity index (χ3n) is 4.00. The van der Waals surface area contributed by atoms with E-state index in [0.717, 1.165) is 12.8 Å². The number of aliphatic hydroxyl groups excluding tert-OH is 1. The Kier molecular flexibility index (Phi) is 9.38. The molecule has 1 N–H and O–H groups in total. The number of aliphatic hydroxyl groups is 1. The number of ether oxygens (including phenoxy) is 1. The van der Waals surface area contributed by atoms with E-state index in [9.17, 15) is 9.90 Å². The topological polar surface area (TPSA) is 46.5 Å². The van der Waals surface area contributed by atoms with Crippen LogP contribution in [0.2, 0.25) is 0 Å². The molecule has 3 nitrogen and oxygen atoms in total. The zero-order valence-corrected chi connectivity index (χ0v) is 12.9. The number of hydrogen-bond acceptors (Lipinski definition) is 3. The molecular formula is C17H30O3. The lowest BCUT2D eigenvalue weighted by molar-refractivity contribution is -0.152. The molecule has 0 bridgehead atoms. The highest BCUT2D eigenvalue weighted by molar-refractivity contribution is 5.86. The molecule has 0 saturated heterocycles. The highest BCUT2D eigenvalue weighted by atomic mass is 16.6. The third-order valence-corrected chi connectivity index (χ3v) is 4.00. The van der Waals surface area contributed by atoms with Gasteiger partial charge in [-0.3, -0.25) is 4.79 Å². The van der Waals surface area contributed by atoms with Gasteiger partial charge in [0, 0.05) is 5.92 Å². The molecule has 1 heterocycles. The van der Waals surface area contributed by atoms with Gasteiger partial charge < -0.3 is 9.84 Å². The second kappa shape index (κ2) is 10.9. The van der Waals surface area contributed by atoms with Crippen molar-refractivity contribution in [2.75, 3.05) is 0 Å². The Balaban J connectivity index is 1.91. The minimum absolute atomic E-state index is 0.146. The molecule has 116 valence electrons. The van der Waals surface area contributed by atoms with Crippen molar-refractivity contribution < 1.29 is 14.6 Å². The van der Waals surface area contributed by atoms with Gasteiger partial charge in [-0.15, -0.1) is 0 Å². The molecule has 0 spiro atoms. The van der Waals surface area contributed by atoms with Crippen LogP contribution in [0.15, 0.2) is 12.3 Å². The summed E-state index contributed by atoms with van der Waals surface area (Å²) in [5.41, 5.74) is 0. The van der Waals surface area contributed by atoms with E-state index < -0.39 is 6.29 Å². The van der Waals surface area contributed by atoms with Crippen LogP contribution < -0.4 is 0 Å². The summed E-state index contributed by atoms with van der Waals surface area (Å²) in [7, 11) is 0. The molecule has 0 aliphatic carbocycles. The maximum atomic E-state index is 11.6. The molecule has 1 aliphatic heterocycles. The van der Waals surface area contributed by atoms with Gasteiger partial charge in [-0.05, 0) is 12.5 Å². The second-order valence-electron chi connectivity index (χ2n) is 5.80. The van der Waals surface area contributed by atoms with Crippen LogP contribution in [0.25, 0.3) is 0 Å². The lowest BCUT2D eigenvalue weighted by atomic mass is 9.94. The smallest absolute Gasteiger partial charge is 0.257 e. The number of carbonyl (C=O) groups is 1. The SMILES string of the molecule is CCCCCCCCCCCCC1C=COC(O)C1=O. The zero-order valence-electron chi connectivity index (χ0n) is 12.9. The summed E-state index contributed by atoms with van der Waals surface area (Å²) in [6.45, 7) is 2.25. The first-order valence-electron chi connectivity index (χ1n) is 8.29. The summed E-state index contributed by atoms with van der Waals surface area (Å²) in [6, 6.07) is 0. The van der Waals surface area contributed by atoms with Gasteiger partial charge in [0.05, 0.1) is 6.26 Å². The van der Waals surface area contributed by atoms with E-state index in [2.05, 4.69) is 6.92 Å². The largest absolute Gasteiger partial charge is 0.465 e. The predicted molar refractivity (Wildman–Crippen MR) is 81.2 cm³/mol. The van der Waals surface area contributed by atoms with Crippen molar-refractivity contribution in [1.29, 1.82) is 0 Å². The van der Waals surface area contributed by atoms with Crippen molar-refractivity contribution in [2.24, 2.45) is 5.92 Å². The van der Waals surface area contributed by atoms with Crippen LogP contribution in [-0.2, 0) is 9.53 Å². The van der Waals surface area contributed by atoms with Crippen LogP contribution in [0.5, 0.6) is 0 Å². The number of rotatable bonds is 11. The fourth-order valence-electron chi connectivity index (χ4n) is 2.65. The van der Waals surface area contributed by atoms with Gasteiger partial charge >= 0.3 is 0 Å². The van der Waals surface area contributed by atoms with E-state index in [-0.39, 0.29) is 11.7 Å². The maximum Gasteiger partial charge on any atom is 0.257 e. The molecule has 0 amide bonds. The van der Waals surface area contributed by atoms with Crippen LogP contribution in [0.3, 0.4) is 0 Å². The summed E-state index contributed by atoms with van der Waals surface area (Å²) in [4.78, 5) is 11.6. The molecule has 0 aromatic heterocycles. The van der Waals surface area contributed by atoms with E-state index in [1.807, 2.05) is 0 Å². The van der Waals surface area contributed by atoms with Gasteiger partial charge in [0.2, 0.25) is 5.78 Å². The van der Waals surface area contributed by atoms with Gasteiger partial charge in [0.1, 0.15) is 0 Å². The Bertz CT molecular complexity index is 286. The molecule has 2 unspecified atom stereocenters. The number of carbonyl (C=O) groups excluding carboxylic acids is 1. The molecule has 0 aromatic carbocycles. The molecule has 0 saturated carbocycles. The van der Waals surface area contributed by atoms with Gasteiger partial charge in [0.15, 0.2) is 0 Å². The summed E-state index contributed by atoms with van der Waals surface area (Å²) in [5, 5.41) is 9.29. The van der Waals surface area contributed by atoms with Crippen LogP contribution >= 0.6 is 0 Å². The number of ketones is 1. The maximum absolute atomic E-state index is 11.6. The Morgan fingerprint density at radius 3 is 2.15 bits per heavy atom. The van der Waals surface area contributed by atoms with Crippen molar-refractivity contribution in [2.45, 2.75) is 83.8 Å². The lowest BCUT2D eigenvalue weighted by Crippen LogP contribution is -2.31. The molecule has 0 radical (unpaired) electrons. The molecule has 1 aliphatic rings. The summed E-state index contributed by atoms with van der Waals surface area (Å²) < 4.78 is 4.75. The normalized spacial score (nSPS) is 22.0. The standard InChI is InChI=1S/C17H30O3/c1-2-3-4-5-6-7-8-9-10-11-12-15-13-14-20-17(19)16(15)18/h13-15,17,19H,2-12H2,1H3. The van der Waals surface area contributed by atoms with Crippen LogP contribution in [-0.4, -0.2) is 17.2 Å². The highest BCUT2D eigenvalue weighted by Gasteiger charge is 2.26. The van der Waals surface area contributed by atoms with Crippen molar-refractivity contribution in [3.05, 3.63) is 12.3 Å². The molecule has 20 heavy (non-hydrogen) atoms. The second-order valence-corrected chi connectivity index (χ2v) is 5.80. The van der Waals surface area contributed by atoms with Crippen molar-refractivity contribution in [3.63, 3.8) is 0 Å². The fraction of sp³-hybridized carbons (Fsp3) is 0.824. The van der Waals surface area contributed by atoms with E-state index in [1.54, 1.807) is 6.08 Å². The number of hydrogen-bond donors (Lipinski definition) is 1. The first kappa shape index (κ1) is 17.2. The quantitative estimate of drug-likeness (QED) is 0.573. The number of Topliss-reactive ketones (excluding diaryl/α,β-unsaturated/α-hetero) is 1. The molecule has 2 atom stereocenters. The predicted octanol–water partition coefficient (Wildman–Crippen LogP) is 4.35. The zero-order chi connectivity index (χ0) is 14.6. The van der Waals surface area contributed by atoms with Crippen LogP contribution in [0.1, 0.15) is 77.6 Å². The number of allylic oxidation sites excluding steroid dienone is 1. The monoisotopic (exact) mass is 282 g/mol. The fourth-order valence-corrected chi connectivity index (χ4v) is 2.65. The summed E-state index contributed by atoms with van der Waals surface area (Å²) >= 11 is 0. The van der Waals surface area contributed by atoms with E-state index in [1.165, 1.54) is 64.0 Å². The Morgan fingerprint density at radius 1 is 1.00 bits per heavy atom. The third kappa shape index (κ3) is 7.09. The average molecular weight is 282 g/mol. The minimum atomic E-state index is -1.24. The van der Waals surface area contributed by atoms with E-state index in [0.29, 0.717) is 0 Å². The summed E-state index contributed by atoms with van der Waals surface area (Å²) in [5.74, 6) is -0.337. The molecule has 0 aromatic rings. The van der Waals surface area contributed by atoms with Crippen molar-refractivity contribution >= 4 is 5.78 Å². The first-order valence-corrected chi connectivity index (χ1v) is 8.29.